The van der Waals surface area contributed by atoms with Gasteiger partial charge in [-0.1, -0.05) is 19.1 Å². The second-order valence-electron chi connectivity index (χ2n) is 5.44. The van der Waals surface area contributed by atoms with Crippen molar-refractivity contribution >= 4 is 17.2 Å². The monoisotopic (exact) mass is 303 g/mol. The summed E-state index contributed by atoms with van der Waals surface area (Å²) in [4.78, 5) is 8.34. The molecule has 2 aromatic rings. The van der Waals surface area contributed by atoms with Gasteiger partial charge in [-0.15, -0.1) is 11.3 Å². The Balaban J connectivity index is 2.16. The average molecular weight is 303 g/mol. The summed E-state index contributed by atoms with van der Waals surface area (Å²) >= 11 is 1.82. The molecule has 0 fully saturated rings. The molecule has 2 unspecified atom stereocenters. The number of hydrogen-bond donors (Lipinski definition) is 1. The van der Waals surface area contributed by atoms with Gasteiger partial charge in [0, 0.05) is 42.2 Å². The summed E-state index contributed by atoms with van der Waals surface area (Å²) in [5, 5.41) is 5.62. The molecule has 0 spiro atoms. The van der Waals surface area contributed by atoms with Crippen molar-refractivity contribution in [1.29, 1.82) is 0 Å². The molecule has 21 heavy (non-hydrogen) atoms. The van der Waals surface area contributed by atoms with Gasteiger partial charge in [-0.25, -0.2) is 4.98 Å². The zero-order valence-corrected chi connectivity index (χ0v) is 14.2. The van der Waals surface area contributed by atoms with Gasteiger partial charge in [-0.2, -0.15) is 0 Å². The molecule has 0 aliphatic rings. The Bertz CT molecular complexity index is 539. The summed E-state index contributed by atoms with van der Waals surface area (Å²) in [7, 11) is 2.14. The topological polar surface area (TPSA) is 28.2 Å². The summed E-state index contributed by atoms with van der Waals surface area (Å²) in [6.07, 6.45) is 2.94. The summed E-state index contributed by atoms with van der Waals surface area (Å²) in [5.74, 6) is 1.08. The highest BCUT2D eigenvalue weighted by molar-refractivity contribution is 7.09. The van der Waals surface area contributed by atoms with Crippen LogP contribution >= 0.6 is 11.3 Å². The van der Waals surface area contributed by atoms with E-state index in [2.05, 4.69) is 66.6 Å². The minimum atomic E-state index is 0.315. The van der Waals surface area contributed by atoms with Crippen LogP contribution in [-0.4, -0.2) is 24.6 Å². The first-order chi connectivity index (χ1) is 10.1. The number of aromatic nitrogens is 1. The number of nitrogens with zero attached hydrogens (tertiary/aromatic N) is 2. The fourth-order valence-electron chi connectivity index (χ4n) is 2.52. The lowest BCUT2D eigenvalue weighted by Crippen LogP contribution is -2.33. The fraction of sp³-hybridized carbons (Fsp3) is 0.471. The largest absolute Gasteiger partial charge is 0.356 e. The van der Waals surface area contributed by atoms with Gasteiger partial charge in [0.25, 0.3) is 0 Å². The quantitative estimate of drug-likeness (QED) is 0.841. The van der Waals surface area contributed by atoms with Crippen molar-refractivity contribution < 1.29 is 0 Å². The number of rotatable bonds is 7. The number of anilines is 1. The van der Waals surface area contributed by atoms with Gasteiger partial charge in [0.1, 0.15) is 5.82 Å². The molecule has 2 heterocycles. The molecule has 0 aliphatic heterocycles. The fourth-order valence-corrected chi connectivity index (χ4v) is 3.35. The van der Waals surface area contributed by atoms with E-state index in [1.807, 2.05) is 23.6 Å². The minimum Gasteiger partial charge on any atom is -0.356 e. The lowest BCUT2D eigenvalue weighted by atomic mass is 10.1. The van der Waals surface area contributed by atoms with Crippen LogP contribution in [0.4, 0.5) is 5.82 Å². The summed E-state index contributed by atoms with van der Waals surface area (Å²) in [6.45, 7) is 7.55. The van der Waals surface area contributed by atoms with Crippen LogP contribution < -0.4 is 10.2 Å². The summed E-state index contributed by atoms with van der Waals surface area (Å²) in [5.41, 5.74) is 1.26. The van der Waals surface area contributed by atoms with Crippen molar-refractivity contribution in [2.24, 2.45) is 0 Å². The molecule has 2 rings (SSSR count). The normalized spacial score (nSPS) is 13.9. The third-order valence-electron chi connectivity index (χ3n) is 3.87. The standard InChI is InChI=1S/C17H25N3S/c1-5-18-14(3)16-9-6-10-19-17(16)20(4)13(2)12-15-8-7-11-21-15/h6-11,13-14,18H,5,12H2,1-4H3. The predicted molar refractivity (Wildman–Crippen MR) is 92.2 cm³/mol. The van der Waals surface area contributed by atoms with Crippen molar-refractivity contribution in [1.82, 2.24) is 10.3 Å². The Morgan fingerprint density at radius 1 is 1.29 bits per heavy atom. The summed E-state index contributed by atoms with van der Waals surface area (Å²) < 4.78 is 0. The second-order valence-corrected chi connectivity index (χ2v) is 6.47. The molecule has 0 radical (unpaired) electrons. The van der Waals surface area contributed by atoms with Gasteiger partial charge >= 0.3 is 0 Å². The van der Waals surface area contributed by atoms with Crippen molar-refractivity contribution in [3.63, 3.8) is 0 Å². The van der Waals surface area contributed by atoms with Gasteiger partial charge in [0.05, 0.1) is 0 Å². The van der Waals surface area contributed by atoms with Crippen LogP contribution in [0.2, 0.25) is 0 Å². The van der Waals surface area contributed by atoms with Crippen LogP contribution in [0.1, 0.15) is 37.3 Å². The first kappa shape index (κ1) is 16.0. The van der Waals surface area contributed by atoms with E-state index in [0.717, 1.165) is 18.8 Å². The molecule has 3 nitrogen and oxygen atoms in total. The SMILES string of the molecule is CCNC(C)c1cccnc1N(C)C(C)Cc1cccs1. The zero-order valence-electron chi connectivity index (χ0n) is 13.3. The highest BCUT2D eigenvalue weighted by atomic mass is 32.1. The Kier molecular flexibility index (Phi) is 5.76. The highest BCUT2D eigenvalue weighted by Crippen LogP contribution is 2.25. The number of thiophene rings is 1. The molecule has 0 saturated carbocycles. The van der Waals surface area contributed by atoms with Crippen molar-refractivity contribution in [3.8, 4) is 0 Å². The molecule has 0 bridgehead atoms. The summed E-state index contributed by atoms with van der Waals surface area (Å²) in [6, 6.07) is 9.25. The van der Waals surface area contributed by atoms with Gasteiger partial charge in [0.2, 0.25) is 0 Å². The number of hydrogen-bond acceptors (Lipinski definition) is 4. The Morgan fingerprint density at radius 2 is 2.10 bits per heavy atom. The maximum absolute atomic E-state index is 4.62. The Morgan fingerprint density at radius 3 is 2.76 bits per heavy atom. The molecule has 4 heteroatoms. The van der Waals surface area contributed by atoms with Gasteiger partial charge in [-0.3, -0.25) is 0 Å². The lowest BCUT2D eigenvalue weighted by molar-refractivity contribution is 0.588. The second kappa shape index (κ2) is 7.57. The first-order valence-electron chi connectivity index (χ1n) is 7.57. The molecular formula is C17H25N3S. The van der Waals surface area contributed by atoms with E-state index in [-0.39, 0.29) is 0 Å². The third kappa shape index (κ3) is 4.05. The van der Waals surface area contributed by atoms with E-state index < -0.39 is 0 Å². The molecule has 0 amide bonds. The van der Waals surface area contributed by atoms with Crippen LogP contribution in [0.25, 0.3) is 0 Å². The molecule has 0 aliphatic carbocycles. The van der Waals surface area contributed by atoms with E-state index in [4.69, 9.17) is 0 Å². The van der Waals surface area contributed by atoms with E-state index >= 15 is 0 Å². The average Bonchev–Trinajstić information content (AvgIpc) is 2.99. The molecule has 0 saturated heterocycles. The Hall–Kier alpha value is -1.39. The smallest absolute Gasteiger partial charge is 0.133 e. The Labute approximate surface area is 132 Å². The molecule has 1 N–H and O–H groups in total. The maximum Gasteiger partial charge on any atom is 0.133 e. The van der Waals surface area contributed by atoms with Crippen molar-refractivity contribution in [2.45, 2.75) is 39.3 Å². The molecule has 2 aromatic heterocycles. The zero-order chi connectivity index (χ0) is 15.2. The van der Waals surface area contributed by atoms with E-state index in [1.165, 1.54) is 10.4 Å². The van der Waals surface area contributed by atoms with Crippen LogP contribution in [0.3, 0.4) is 0 Å². The van der Waals surface area contributed by atoms with Gasteiger partial charge in [0.15, 0.2) is 0 Å². The van der Waals surface area contributed by atoms with Crippen LogP contribution in [0.5, 0.6) is 0 Å². The van der Waals surface area contributed by atoms with E-state index in [9.17, 15) is 0 Å². The van der Waals surface area contributed by atoms with Crippen molar-refractivity contribution in [3.05, 3.63) is 46.3 Å². The number of nitrogens with one attached hydrogen (secondary N) is 1. The lowest BCUT2D eigenvalue weighted by Gasteiger charge is -2.29. The van der Waals surface area contributed by atoms with Gasteiger partial charge in [-0.05, 0) is 37.9 Å². The maximum atomic E-state index is 4.62. The minimum absolute atomic E-state index is 0.315. The van der Waals surface area contributed by atoms with E-state index in [0.29, 0.717) is 12.1 Å². The molecule has 114 valence electrons. The highest BCUT2D eigenvalue weighted by Gasteiger charge is 2.18. The van der Waals surface area contributed by atoms with Crippen LogP contribution in [0, 0.1) is 0 Å². The number of likely N-dealkylation sites (N-methyl/N-ethyl adjacent to an activating group) is 1. The van der Waals surface area contributed by atoms with Crippen LogP contribution in [-0.2, 0) is 6.42 Å². The van der Waals surface area contributed by atoms with Crippen molar-refractivity contribution in [2.75, 3.05) is 18.5 Å². The predicted octanol–water partition coefficient (Wildman–Crippen LogP) is 3.88. The molecule has 2 atom stereocenters. The van der Waals surface area contributed by atoms with Gasteiger partial charge < -0.3 is 10.2 Å². The first-order valence-corrected chi connectivity index (χ1v) is 8.45. The molecule has 0 aromatic carbocycles. The third-order valence-corrected chi connectivity index (χ3v) is 4.76. The molecular weight excluding hydrogens is 278 g/mol. The van der Waals surface area contributed by atoms with Crippen LogP contribution in [0.15, 0.2) is 35.8 Å². The number of pyridine rings is 1. The van der Waals surface area contributed by atoms with E-state index in [1.54, 1.807) is 0 Å².